The van der Waals surface area contributed by atoms with Crippen molar-refractivity contribution in [2.24, 2.45) is 5.92 Å². The summed E-state index contributed by atoms with van der Waals surface area (Å²) in [5, 5.41) is 3.06. The molecule has 2 saturated heterocycles. The fourth-order valence-corrected chi connectivity index (χ4v) is 3.69. The minimum atomic E-state index is -0.238. The van der Waals surface area contributed by atoms with Gasteiger partial charge in [-0.15, -0.1) is 0 Å². The van der Waals surface area contributed by atoms with E-state index in [1.165, 1.54) is 6.42 Å². The minimum Gasteiger partial charge on any atom is -0.354 e. The summed E-state index contributed by atoms with van der Waals surface area (Å²) >= 11 is 0. The van der Waals surface area contributed by atoms with Crippen LogP contribution < -0.4 is 5.32 Å². The topological polar surface area (TPSA) is 65.5 Å². The molecule has 2 aliphatic heterocycles. The number of nitrogens with one attached hydrogen (secondary N) is 1. The Hall–Kier alpha value is -1.95. The fourth-order valence-electron chi connectivity index (χ4n) is 3.69. The molecule has 2 fully saturated rings. The van der Waals surface area contributed by atoms with Crippen LogP contribution in [0.25, 0.3) is 0 Å². The van der Waals surface area contributed by atoms with Gasteiger partial charge in [-0.3, -0.25) is 19.5 Å². The number of nitrogens with zero attached hydrogens (tertiary/aromatic N) is 3. The maximum Gasteiger partial charge on any atom is 0.225 e. The Kier molecular flexibility index (Phi) is 5.45. The zero-order valence-corrected chi connectivity index (χ0v) is 14.3. The number of carbonyl (C=O) groups is 2. The number of aromatic nitrogens is 1. The number of likely N-dealkylation sites (tertiary alicyclic amines) is 2. The summed E-state index contributed by atoms with van der Waals surface area (Å²) in [6, 6.07) is 6.11. The van der Waals surface area contributed by atoms with Crippen molar-refractivity contribution in [1.29, 1.82) is 0 Å². The van der Waals surface area contributed by atoms with Gasteiger partial charge in [0.2, 0.25) is 11.8 Å². The lowest BCUT2D eigenvalue weighted by Crippen LogP contribution is -2.42. The lowest BCUT2D eigenvalue weighted by Gasteiger charge is -2.23. The van der Waals surface area contributed by atoms with Crippen LogP contribution in [-0.4, -0.2) is 58.8 Å². The standard InChI is InChI=1S/C18H26N4O2/c1-2-21-9-5-7-16(21)11-20-18(24)14-10-17(23)22(12-14)13-15-6-3-4-8-19-15/h3-4,6,8,14,16H,2,5,7,9-13H2,1H3,(H,20,24)/t14-,16-/m0/s1. The smallest absolute Gasteiger partial charge is 0.225 e. The molecule has 130 valence electrons. The number of hydrogen-bond acceptors (Lipinski definition) is 4. The molecule has 6 nitrogen and oxygen atoms in total. The Morgan fingerprint density at radius 2 is 2.29 bits per heavy atom. The van der Waals surface area contributed by atoms with Crippen molar-refractivity contribution in [3.05, 3.63) is 30.1 Å². The van der Waals surface area contributed by atoms with Crippen LogP contribution in [0.5, 0.6) is 0 Å². The highest BCUT2D eigenvalue weighted by molar-refractivity contribution is 5.89. The summed E-state index contributed by atoms with van der Waals surface area (Å²) in [6.45, 7) is 5.97. The van der Waals surface area contributed by atoms with Crippen LogP contribution in [0, 0.1) is 5.92 Å². The zero-order chi connectivity index (χ0) is 16.9. The summed E-state index contributed by atoms with van der Waals surface area (Å²) in [5.74, 6) is -0.190. The second-order valence-corrected chi connectivity index (χ2v) is 6.67. The largest absolute Gasteiger partial charge is 0.354 e. The van der Waals surface area contributed by atoms with Crippen LogP contribution >= 0.6 is 0 Å². The third kappa shape index (κ3) is 3.93. The molecule has 2 amide bonds. The molecule has 0 aromatic carbocycles. The van der Waals surface area contributed by atoms with E-state index in [-0.39, 0.29) is 17.7 Å². The van der Waals surface area contributed by atoms with E-state index in [1.54, 1.807) is 11.1 Å². The summed E-state index contributed by atoms with van der Waals surface area (Å²) in [5.41, 5.74) is 0.858. The second-order valence-electron chi connectivity index (χ2n) is 6.67. The van der Waals surface area contributed by atoms with Gasteiger partial charge in [0.1, 0.15) is 0 Å². The minimum absolute atomic E-state index is 0.00910. The Bertz CT molecular complexity index is 578. The molecule has 1 aromatic heterocycles. The Balaban J connectivity index is 1.49. The lowest BCUT2D eigenvalue weighted by molar-refractivity contribution is -0.129. The molecule has 0 unspecified atom stereocenters. The van der Waals surface area contributed by atoms with Crippen molar-refractivity contribution in [3.8, 4) is 0 Å². The van der Waals surface area contributed by atoms with Crippen molar-refractivity contribution < 1.29 is 9.59 Å². The monoisotopic (exact) mass is 330 g/mol. The first kappa shape index (κ1) is 16.9. The fraction of sp³-hybridized carbons (Fsp3) is 0.611. The normalized spacial score (nSPS) is 24.5. The predicted molar refractivity (Wildman–Crippen MR) is 91.0 cm³/mol. The molecule has 1 N–H and O–H groups in total. The van der Waals surface area contributed by atoms with Gasteiger partial charge in [-0.05, 0) is 38.1 Å². The Labute approximate surface area is 143 Å². The first-order valence-electron chi connectivity index (χ1n) is 8.86. The summed E-state index contributed by atoms with van der Waals surface area (Å²) < 4.78 is 0. The average Bonchev–Trinajstić information content (AvgIpc) is 3.20. The van der Waals surface area contributed by atoms with E-state index in [2.05, 4.69) is 22.1 Å². The van der Waals surface area contributed by atoms with E-state index in [1.807, 2.05) is 18.2 Å². The van der Waals surface area contributed by atoms with Gasteiger partial charge in [-0.25, -0.2) is 0 Å². The van der Waals surface area contributed by atoms with Crippen LogP contribution in [0.2, 0.25) is 0 Å². The zero-order valence-electron chi connectivity index (χ0n) is 14.3. The predicted octanol–water partition coefficient (Wildman–Crippen LogP) is 1.03. The van der Waals surface area contributed by atoms with E-state index >= 15 is 0 Å². The van der Waals surface area contributed by atoms with Crippen molar-refractivity contribution in [3.63, 3.8) is 0 Å². The van der Waals surface area contributed by atoms with Gasteiger partial charge < -0.3 is 10.2 Å². The molecule has 0 bridgehead atoms. The summed E-state index contributed by atoms with van der Waals surface area (Å²) in [7, 11) is 0. The van der Waals surface area contributed by atoms with Crippen LogP contribution in [0.15, 0.2) is 24.4 Å². The highest BCUT2D eigenvalue weighted by Crippen LogP contribution is 2.20. The van der Waals surface area contributed by atoms with Crippen LogP contribution in [-0.2, 0) is 16.1 Å². The molecule has 1 aromatic rings. The maximum absolute atomic E-state index is 12.4. The molecular formula is C18H26N4O2. The quantitative estimate of drug-likeness (QED) is 0.846. The van der Waals surface area contributed by atoms with Crippen LogP contribution in [0.4, 0.5) is 0 Å². The number of likely N-dealkylation sites (N-methyl/N-ethyl adjacent to an activating group) is 1. The highest BCUT2D eigenvalue weighted by atomic mass is 16.2. The molecule has 0 aliphatic carbocycles. The van der Waals surface area contributed by atoms with E-state index < -0.39 is 0 Å². The first-order chi connectivity index (χ1) is 11.7. The number of pyridine rings is 1. The summed E-state index contributed by atoms with van der Waals surface area (Å²) in [4.78, 5) is 33.0. The number of hydrogen-bond donors (Lipinski definition) is 1. The molecule has 6 heteroatoms. The van der Waals surface area contributed by atoms with Crippen molar-refractivity contribution >= 4 is 11.8 Å². The number of rotatable bonds is 6. The van der Waals surface area contributed by atoms with Crippen molar-refractivity contribution in [2.75, 3.05) is 26.2 Å². The Morgan fingerprint density at radius 3 is 3.04 bits per heavy atom. The molecule has 2 atom stereocenters. The molecule has 3 rings (SSSR count). The van der Waals surface area contributed by atoms with Gasteiger partial charge >= 0.3 is 0 Å². The lowest BCUT2D eigenvalue weighted by atomic mass is 10.1. The third-order valence-corrected chi connectivity index (χ3v) is 5.08. The summed E-state index contributed by atoms with van der Waals surface area (Å²) in [6.07, 6.45) is 4.37. The van der Waals surface area contributed by atoms with Gasteiger partial charge in [-0.2, -0.15) is 0 Å². The van der Waals surface area contributed by atoms with Gasteiger partial charge in [-0.1, -0.05) is 13.0 Å². The Morgan fingerprint density at radius 1 is 1.42 bits per heavy atom. The van der Waals surface area contributed by atoms with E-state index in [9.17, 15) is 9.59 Å². The van der Waals surface area contributed by atoms with Crippen LogP contribution in [0.1, 0.15) is 31.9 Å². The van der Waals surface area contributed by atoms with Crippen LogP contribution in [0.3, 0.4) is 0 Å². The third-order valence-electron chi connectivity index (χ3n) is 5.08. The van der Waals surface area contributed by atoms with Crippen molar-refractivity contribution in [1.82, 2.24) is 20.1 Å². The number of amides is 2. The van der Waals surface area contributed by atoms with Gasteiger partial charge in [0, 0.05) is 31.7 Å². The first-order valence-corrected chi connectivity index (χ1v) is 8.86. The van der Waals surface area contributed by atoms with Gasteiger partial charge in [0.15, 0.2) is 0 Å². The van der Waals surface area contributed by atoms with E-state index in [0.717, 1.165) is 25.2 Å². The average molecular weight is 330 g/mol. The van der Waals surface area contributed by atoms with Crippen molar-refractivity contribution in [2.45, 2.75) is 38.8 Å². The molecule has 3 heterocycles. The van der Waals surface area contributed by atoms with Gasteiger partial charge in [0.05, 0.1) is 18.2 Å². The highest BCUT2D eigenvalue weighted by Gasteiger charge is 2.35. The molecule has 0 radical (unpaired) electrons. The van der Waals surface area contributed by atoms with E-state index in [0.29, 0.717) is 32.1 Å². The maximum atomic E-state index is 12.4. The van der Waals surface area contributed by atoms with E-state index in [4.69, 9.17) is 0 Å². The van der Waals surface area contributed by atoms with Gasteiger partial charge in [0.25, 0.3) is 0 Å². The molecule has 0 spiro atoms. The molecule has 2 aliphatic rings. The molecular weight excluding hydrogens is 304 g/mol. The SMILES string of the molecule is CCN1CCC[C@H]1CNC(=O)[C@H]1CC(=O)N(Cc2ccccn2)C1. The molecule has 24 heavy (non-hydrogen) atoms. The second kappa shape index (κ2) is 7.75. The number of carbonyl (C=O) groups excluding carboxylic acids is 2. The molecule has 0 saturated carbocycles.